The van der Waals surface area contributed by atoms with E-state index in [1.165, 1.54) is 7.11 Å². The summed E-state index contributed by atoms with van der Waals surface area (Å²) < 4.78 is 4.79. The van der Waals surface area contributed by atoms with Crippen molar-refractivity contribution in [1.29, 1.82) is 0 Å². The van der Waals surface area contributed by atoms with Crippen molar-refractivity contribution in [3.63, 3.8) is 0 Å². The summed E-state index contributed by atoms with van der Waals surface area (Å²) in [7, 11) is 1.53. The number of carbonyl (C=O) groups is 2. The second kappa shape index (κ2) is 6.68. The maximum absolute atomic E-state index is 11.7. The highest BCUT2D eigenvalue weighted by molar-refractivity contribution is 6.39. The molecule has 0 atom stereocenters. The van der Waals surface area contributed by atoms with Gasteiger partial charge in [-0.25, -0.2) is 0 Å². The number of hydrogen-bond donors (Lipinski definition) is 2. The number of rotatable bonds is 4. The van der Waals surface area contributed by atoms with Crippen LogP contribution in [0.2, 0.25) is 0 Å². The quantitative estimate of drug-likeness (QED) is 0.655. The molecule has 2 rings (SSSR count). The number of anilines is 1. The molecular formula is C15H16N2O3. The number of hydrogen-bond acceptors (Lipinski definition) is 3. The Kier molecular flexibility index (Phi) is 4.68. The molecule has 0 saturated heterocycles. The predicted molar refractivity (Wildman–Crippen MR) is 77.5 cm³/mol. The Morgan fingerprint density at radius 2 is 1.80 bits per heavy atom. The van der Waals surface area contributed by atoms with Gasteiger partial charge in [0.1, 0.15) is 0 Å². The summed E-state index contributed by atoms with van der Waals surface area (Å²) in [5.74, 6) is -1.36. The molecule has 0 aliphatic carbocycles. The third kappa shape index (κ3) is 3.55. The van der Waals surface area contributed by atoms with E-state index in [2.05, 4.69) is 10.6 Å². The van der Waals surface area contributed by atoms with Crippen LogP contribution in [0.25, 0.3) is 10.8 Å². The predicted octanol–water partition coefficient (Wildman–Crippen LogP) is 1.54. The van der Waals surface area contributed by atoms with Gasteiger partial charge in [-0.1, -0.05) is 30.3 Å². The van der Waals surface area contributed by atoms with Gasteiger partial charge in [-0.2, -0.15) is 0 Å². The van der Waals surface area contributed by atoms with Crippen molar-refractivity contribution < 1.29 is 14.3 Å². The first-order chi connectivity index (χ1) is 9.70. The standard InChI is InChI=1S/C15H16N2O3/c1-20-9-8-16-14(18)15(19)17-13-7-6-11-4-2-3-5-12(11)10-13/h2-7,10H,8-9H2,1H3,(H,16,18)(H,17,19). The van der Waals surface area contributed by atoms with Gasteiger partial charge < -0.3 is 15.4 Å². The van der Waals surface area contributed by atoms with E-state index in [1.807, 2.05) is 36.4 Å². The lowest BCUT2D eigenvalue weighted by Crippen LogP contribution is -2.37. The minimum Gasteiger partial charge on any atom is -0.383 e. The van der Waals surface area contributed by atoms with Gasteiger partial charge in [0.15, 0.2) is 0 Å². The minimum absolute atomic E-state index is 0.306. The van der Waals surface area contributed by atoms with Gasteiger partial charge >= 0.3 is 11.8 Å². The van der Waals surface area contributed by atoms with Gasteiger partial charge in [-0.15, -0.1) is 0 Å². The van der Waals surface area contributed by atoms with Crippen LogP contribution in [0.1, 0.15) is 0 Å². The lowest BCUT2D eigenvalue weighted by Gasteiger charge is -2.07. The highest BCUT2D eigenvalue weighted by Crippen LogP contribution is 2.18. The van der Waals surface area contributed by atoms with Gasteiger partial charge in [0.05, 0.1) is 6.61 Å². The van der Waals surface area contributed by atoms with Crippen LogP contribution in [0.15, 0.2) is 42.5 Å². The molecule has 0 aromatic heterocycles. The van der Waals surface area contributed by atoms with E-state index >= 15 is 0 Å². The Labute approximate surface area is 116 Å². The number of fused-ring (bicyclic) bond motifs is 1. The molecule has 2 N–H and O–H groups in total. The van der Waals surface area contributed by atoms with E-state index in [9.17, 15) is 9.59 Å². The zero-order chi connectivity index (χ0) is 14.4. The molecule has 0 fully saturated rings. The summed E-state index contributed by atoms with van der Waals surface area (Å²) in [5.41, 5.74) is 0.593. The first kappa shape index (κ1) is 14.0. The normalized spacial score (nSPS) is 10.2. The minimum atomic E-state index is -0.684. The summed E-state index contributed by atoms with van der Waals surface area (Å²) in [6, 6.07) is 13.3. The molecule has 0 aliphatic rings. The molecule has 0 bridgehead atoms. The number of amides is 2. The zero-order valence-corrected chi connectivity index (χ0v) is 11.2. The molecule has 0 heterocycles. The number of ether oxygens (including phenoxy) is 1. The molecule has 2 amide bonds. The fourth-order valence-electron chi connectivity index (χ4n) is 1.80. The van der Waals surface area contributed by atoms with Crippen molar-refractivity contribution in [3.05, 3.63) is 42.5 Å². The third-order valence-electron chi connectivity index (χ3n) is 2.81. The van der Waals surface area contributed by atoms with E-state index in [1.54, 1.807) is 6.07 Å². The smallest absolute Gasteiger partial charge is 0.313 e. The molecule has 5 nitrogen and oxygen atoms in total. The first-order valence-corrected chi connectivity index (χ1v) is 6.27. The van der Waals surface area contributed by atoms with Crippen molar-refractivity contribution in [1.82, 2.24) is 5.32 Å². The van der Waals surface area contributed by atoms with Crippen LogP contribution in [0.3, 0.4) is 0 Å². The molecule has 104 valence electrons. The van der Waals surface area contributed by atoms with Crippen molar-refractivity contribution in [2.45, 2.75) is 0 Å². The number of benzene rings is 2. The highest BCUT2D eigenvalue weighted by atomic mass is 16.5. The van der Waals surface area contributed by atoms with Gasteiger partial charge in [0, 0.05) is 19.3 Å². The molecule has 0 unspecified atom stereocenters. The number of methoxy groups -OCH3 is 1. The van der Waals surface area contributed by atoms with Gasteiger partial charge in [0.2, 0.25) is 0 Å². The summed E-state index contributed by atoms with van der Waals surface area (Å²) >= 11 is 0. The van der Waals surface area contributed by atoms with E-state index in [-0.39, 0.29) is 0 Å². The molecule has 0 aliphatic heterocycles. The van der Waals surface area contributed by atoms with Gasteiger partial charge in [-0.05, 0) is 22.9 Å². The van der Waals surface area contributed by atoms with Crippen LogP contribution < -0.4 is 10.6 Å². The Morgan fingerprint density at radius 1 is 1.05 bits per heavy atom. The van der Waals surface area contributed by atoms with Crippen LogP contribution in [0, 0.1) is 0 Å². The topological polar surface area (TPSA) is 67.4 Å². The highest BCUT2D eigenvalue weighted by Gasteiger charge is 2.12. The van der Waals surface area contributed by atoms with Gasteiger partial charge in [0.25, 0.3) is 0 Å². The van der Waals surface area contributed by atoms with Crippen molar-refractivity contribution >= 4 is 28.3 Å². The molecule has 5 heteroatoms. The monoisotopic (exact) mass is 272 g/mol. The van der Waals surface area contributed by atoms with Crippen molar-refractivity contribution in [3.8, 4) is 0 Å². The summed E-state index contributed by atoms with van der Waals surface area (Å²) in [4.78, 5) is 23.2. The van der Waals surface area contributed by atoms with Crippen LogP contribution in [0.5, 0.6) is 0 Å². The van der Waals surface area contributed by atoms with E-state index in [0.717, 1.165) is 10.8 Å². The Hall–Kier alpha value is -2.40. The molecule has 2 aromatic rings. The second-order valence-corrected chi connectivity index (χ2v) is 4.26. The third-order valence-corrected chi connectivity index (χ3v) is 2.81. The van der Waals surface area contributed by atoms with Crippen LogP contribution >= 0.6 is 0 Å². The second-order valence-electron chi connectivity index (χ2n) is 4.26. The zero-order valence-electron chi connectivity index (χ0n) is 11.2. The first-order valence-electron chi connectivity index (χ1n) is 6.27. The molecule has 0 radical (unpaired) electrons. The Bertz CT molecular complexity index is 625. The number of nitrogens with one attached hydrogen (secondary N) is 2. The van der Waals surface area contributed by atoms with Crippen molar-refractivity contribution in [2.24, 2.45) is 0 Å². The molecule has 2 aromatic carbocycles. The molecule has 0 saturated carbocycles. The van der Waals surface area contributed by atoms with E-state index in [0.29, 0.717) is 18.8 Å². The maximum Gasteiger partial charge on any atom is 0.313 e. The fraction of sp³-hybridized carbons (Fsp3) is 0.200. The Balaban J connectivity index is 2.00. The van der Waals surface area contributed by atoms with Crippen LogP contribution in [-0.2, 0) is 14.3 Å². The van der Waals surface area contributed by atoms with E-state index in [4.69, 9.17) is 4.74 Å². The lowest BCUT2D eigenvalue weighted by molar-refractivity contribution is -0.136. The average molecular weight is 272 g/mol. The van der Waals surface area contributed by atoms with Crippen molar-refractivity contribution in [2.75, 3.05) is 25.6 Å². The maximum atomic E-state index is 11.7. The van der Waals surface area contributed by atoms with E-state index < -0.39 is 11.8 Å². The Morgan fingerprint density at radius 3 is 2.55 bits per heavy atom. The molecular weight excluding hydrogens is 256 g/mol. The summed E-state index contributed by atoms with van der Waals surface area (Å²) in [6.07, 6.45) is 0. The van der Waals surface area contributed by atoms with Crippen LogP contribution in [-0.4, -0.2) is 32.1 Å². The average Bonchev–Trinajstić information content (AvgIpc) is 2.47. The fourth-order valence-corrected chi connectivity index (χ4v) is 1.80. The SMILES string of the molecule is COCCNC(=O)C(=O)Nc1ccc2ccccc2c1. The van der Waals surface area contributed by atoms with Gasteiger partial charge in [-0.3, -0.25) is 9.59 Å². The molecule has 20 heavy (non-hydrogen) atoms. The summed E-state index contributed by atoms with van der Waals surface area (Å²) in [5, 5.41) is 7.12. The lowest BCUT2D eigenvalue weighted by atomic mass is 10.1. The summed E-state index contributed by atoms with van der Waals surface area (Å²) in [6.45, 7) is 0.676. The number of carbonyl (C=O) groups excluding carboxylic acids is 2. The molecule has 0 spiro atoms. The van der Waals surface area contributed by atoms with Crippen LogP contribution in [0.4, 0.5) is 5.69 Å². The largest absolute Gasteiger partial charge is 0.383 e.